The molecular formula is C17H25NO6. The van der Waals surface area contributed by atoms with Gasteiger partial charge in [-0.2, -0.15) is 0 Å². The minimum atomic E-state index is -0.966. The van der Waals surface area contributed by atoms with E-state index in [1.165, 1.54) is 6.92 Å². The van der Waals surface area contributed by atoms with E-state index in [-0.39, 0.29) is 6.54 Å². The summed E-state index contributed by atoms with van der Waals surface area (Å²) in [6.07, 6.45) is 0. The van der Waals surface area contributed by atoms with E-state index in [9.17, 15) is 9.59 Å². The summed E-state index contributed by atoms with van der Waals surface area (Å²) >= 11 is 0. The van der Waals surface area contributed by atoms with E-state index in [1.807, 2.05) is 20.8 Å². The number of hydrogen-bond acceptors (Lipinski definition) is 5. The highest BCUT2D eigenvalue weighted by Gasteiger charge is 2.19. The van der Waals surface area contributed by atoms with Crippen LogP contribution in [-0.4, -0.2) is 43.3 Å². The summed E-state index contributed by atoms with van der Waals surface area (Å²) in [6, 6.07) is 3.13. The van der Waals surface area contributed by atoms with Crippen LogP contribution in [0.1, 0.15) is 38.1 Å². The topological polar surface area (TPSA) is 94.1 Å². The standard InChI is InChI=1S/C17H25NO6/c1-5-22-13-8-12(16(19)18-10-11(4)17(20)21)9-14(23-6-2)15(13)24-7-3/h8-9,11H,5-7,10H2,1-4H3,(H,18,19)(H,20,21). The number of aliphatic carboxylic acids is 1. The quantitative estimate of drug-likeness (QED) is 0.679. The Hall–Kier alpha value is -2.44. The summed E-state index contributed by atoms with van der Waals surface area (Å²) < 4.78 is 16.7. The number of carbonyl (C=O) groups excluding carboxylic acids is 1. The number of benzene rings is 1. The number of ether oxygens (including phenoxy) is 3. The fraction of sp³-hybridized carbons (Fsp3) is 0.529. The molecule has 1 rings (SSSR count). The van der Waals surface area contributed by atoms with Gasteiger partial charge in [0.25, 0.3) is 5.91 Å². The molecule has 1 unspecified atom stereocenters. The predicted molar refractivity (Wildman–Crippen MR) is 89.1 cm³/mol. The number of carboxylic acid groups (broad SMARTS) is 1. The van der Waals surface area contributed by atoms with Crippen LogP contribution in [0.2, 0.25) is 0 Å². The van der Waals surface area contributed by atoms with Crippen LogP contribution >= 0.6 is 0 Å². The van der Waals surface area contributed by atoms with Crippen molar-refractivity contribution in [1.29, 1.82) is 0 Å². The van der Waals surface area contributed by atoms with Gasteiger partial charge >= 0.3 is 5.97 Å². The zero-order chi connectivity index (χ0) is 18.1. The molecule has 0 saturated carbocycles. The third-order valence-corrected chi connectivity index (χ3v) is 3.16. The molecule has 24 heavy (non-hydrogen) atoms. The second-order valence-corrected chi connectivity index (χ2v) is 5.05. The molecule has 0 heterocycles. The van der Waals surface area contributed by atoms with Gasteiger partial charge in [0.1, 0.15) is 0 Å². The largest absolute Gasteiger partial charge is 0.490 e. The first-order valence-corrected chi connectivity index (χ1v) is 8.01. The van der Waals surface area contributed by atoms with Crippen LogP contribution in [0.25, 0.3) is 0 Å². The molecular weight excluding hydrogens is 314 g/mol. The van der Waals surface area contributed by atoms with E-state index in [1.54, 1.807) is 12.1 Å². The first kappa shape index (κ1) is 19.6. The first-order valence-electron chi connectivity index (χ1n) is 8.01. The second-order valence-electron chi connectivity index (χ2n) is 5.05. The van der Waals surface area contributed by atoms with Crippen molar-refractivity contribution in [2.45, 2.75) is 27.7 Å². The highest BCUT2D eigenvalue weighted by Crippen LogP contribution is 2.39. The lowest BCUT2D eigenvalue weighted by Crippen LogP contribution is -2.31. The molecule has 7 heteroatoms. The van der Waals surface area contributed by atoms with Crippen molar-refractivity contribution in [3.05, 3.63) is 17.7 Å². The normalized spacial score (nSPS) is 11.5. The molecule has 1 amide bonds. The summed E-state index contributed by atoms with van der Waals surface area (Å²) in [7, 11) is 0. The van der Waals surface area contributed by atoms with Gasteiger partial charge in [0.05, 0.1) is 25.7 Å². The minimum Gasteiger partial charge on any atom is -0.490 e. The molecule has 1 atom stereocenters. The molecule has 2 N–H and O–H groups in total. The fourth-order valence-electron chi connectivity index (χ4n) is 1.95. The first-order chi connectivity index (χ1) is 11.4. The number of rotatable bonds is 10. The molecule has 1 aromatic rings. The molecule has 0 aromatic heterocycles. The van der Waals surface area contributed by atoms with Crippen molar-refractivity contribution in [3.8, 4) is 17.2 Å². The molecule has 0 spiro atoms. The number of nitrogens with one attached hydrogen (secondary N) is 1. The van der Waals surface area contributed by atoms with Gasteiger partial charge in [-0.25, -0.2) is 0 Å². The predicted octanol–water partition coefficient (Wildman–Crippen LogP) is 2.33. The molecule has 0 aliphatic carbocycles. The maximum Gasteiger partial charge on any atom is 0.308 e. The van der Waals surface area contributed by atoms with Gasteiger partial charge in [-0.1, -0.05) is 6.92 Å². The Morgan fingerprint density at radius 2 is 1.54 bits per heavy atom. The summed E-state index contributed by atoms with van der Waals surface area (Å²) in [5.74, 6) is -0.741. The molecule has 7 nitrogen and oxygen atoms in total. The van der Waals surface area contributed by atoms with Crippen LogP contribution < -0.4 is 19.5 Å². The zero-order valence-electron chi connectivity index (χ0n) is 14.5. The van der Waals surface area contributed by atoms with Gasteiger partial charge in [-0.15, -0.1) is 0 Å². The molecule has 1 aromatic carbocycles. The van der Waals surface area contributed by atoms with Gasteiger partial charge in [0.2, 0.25) is 5.75 Å². The van der Waals surface area contributed by atoms with Crippen molar-refractivity contribution >= 4 is 11.9 Å². The minimum absolute atomic E-state index is 0.0370. The Kier molecular flexibility index (Phi) is 7.88. The van der Waals surface area contributed by atoms with Crippen LogP contribution in [0, 0.1) is 5.92 Å². The summed E-state index contributed by atoms with van der Waals surface area (Å²) in [5, 5.41) is 11.5. The monoisotopic (exact) mass is 339 g/mol. The second kappa shape index (κ2) is 9.64. The van der Waals surface area contributed by atoms with E-state index >= 15 is 0 Å². The molecule has 0 bridgehead atoms. The Labute approximate surface area is 141 Å². The van der Waals surface area contributed by atoms with Gasteiger partial charge in [0, 0.05) is 12.1 Å². The number of hydrogen-bond donors (Lipinski definition) is 2. The van der Waals surface area contributed by atoms with Crippen LogP contribution in [0.5, 0.6) is 17.2 Å². The van der Waals surface area contributed by atoms with Gasteiger partial charge in [0.15, 0.2) is 11.5 Å². The Bertz CT molecular complexity index is 545. The van der Waals surface area contributed by atoms with E-state index in [2.05, 4.69) is 5.32 Å². The average Bonchev–Trinajstić information content (AvgIpc) is 2.55. The van der Waals surface area contributed by atoms with Crippen LogP contribution in [0.4, 0.5) is 0 Å². The van der Waals surface area contributed by atoms with Crippen molar-refractivity contribution in [2.24, 2.45) is 5.92 Å². The van der Waals surface area contributed by atoms with E-state index in [0.717, 1.165) is 0 Å². The Balaban J connectivity index is 3.09. The van der Waals surface area contributed by atoms with Gasteiger partial charge < -0.3 is 24.6 Å². The van der Waals surface area contributed by atoms with Crippen LogP contribution in [-0.2, 0) is 4.79 Å². The summed E-state index contributed by atoms with van der Waals surface area (Å²) in [5.41, 5.74) is 0.322. The van der Waals surface area contributed by atoms with E-state index in [4.69, 9.17) is 19.3 Å². The lowest BCUT2D eigenvalue weighted by Gasteiger charge is -2.17. The van der Waals surface area contributed by atoms with Gasteiger partial charge in [-0.3, -0.25) is 9.59 Å². The zero-order valence-corrected chi connectivity index (χ0v) is 14.5. The highest BCUT2D eigenvalue weighted by molar-refractivity contribution is 5.95. The third-order valence-electron chi connectivity index (χ3n) is 3.16. The SMILES string of the molecule is CCOc1cc(C(=O)NCC(C)C(=O)O)cc(OCC)c1OCC. The molecule has 0 aliphatic heterocycles. The van der Waals surface area contributed by atoms with Crippen molar-refractivity contribution < 1.29 is 28.9 Å². The summed E-state index contributed by atoms with van der Waals surface area (Å²) in [4.78, 5) is 23.1. The van der Waals surface area contributed by atoms with Crippen molar-refractivity contribution in [2.75, 3.05) is 26.4 Å². The smallest absolute Gasteiger partial charge is 0.308 e. The Morgan fingerprint density at radius 3 is 1.96 bits per heavy atom. The molecule has 0 aliphatic rings. The number of carboxylic acids is 1. The molecule has 134 valence electrons. The fourth-order valence-corrected chi connectivity index (χ4v) is 1.95. The molecule has 0 radical (unpaired) electrons. The van der Waals surface area contributed by atoms with E-state index < -0.39 is 17.8 Å². The average molecular weight is 339 g/mol. The summed E-state index contributed by atoms with van der Waals surface area (Å²) in [6.45, 7) is 8.32. The Morgan fingerprint density at radius 1 is 1.04 bits per heavy atom. The third kappa shape index (κ3) is 5.33. The van der Waals surface area contributed by atoms with Crippen molar-refractivity contribution in [1.82, 2.24) is 5.32 Å². The molecule has 0 saturated heterocycles. The lowest BCUT2D eigenvalue weighted by molar-refractivity contribution is -0.140. The van der Waals surface area contributed by atoms with Crippen LogP contribution in [0.15, 0.2) is 12.1 Å². The van der Waals surface area contributed by atoms with Crippen LogP contribution in [0.3, 0.4) is 0 Å². The molecule has 0 fully saturated rings. The lowest BCUT2D eigenvalue weighted by atomic mass is 10.1. The maximum atomic E-state index is 12.3. The van der Waals surface area contributed by atoms with Crippen molar-refractivity contribution in [3.63, 3.8) is 0 Å². The van der Waals surface area contributed by atoms with Gasteiger partial charge in [-0.05, 0) is 32.9 Å². The number of carbonyl (C=O) groups is 2. The number of amides is 1. The van der Waals surface area contributed by atoms with E-state index in [0.29, 0.717) is 42.6 Å². The highest BCUT2D eigenvalue weighted by atomic mass is 16.5. The maximum absolute atomic E-state index is 12.3.